The molecule has 2 unspecified atom stereocenters. The lowest BCUT2D eigenvalue weighted by Crippen LogP contribution is -2.52. The lowest BCUT2D eigenvalue weighted by molar-refractivity contribution is -0.0531. The number of nitrogens with zero attached hydrogens (tertiary/aromatic N) is 1. The second-order valence-electron chi connectivity index (χ2n) is 13.2. The van der Waals surface area contributed by atoms with Gasteiger partial charge in [0.1, 0.15) is 6.61 Å². The van der Waals surface area contributed by atoms with Gasteiger partial charge in [0, 0.05) is 30.8 Å². The molecule has 3 aromatic rings. The first-order valence-electron chi connectivity index (χ1n) is 14.9. The van der Waals surface area contributed by atoms with Crippen molar-refractivity contribution in [3.05, 3.63) is 89.5 Å². The Morgan fingerprint density at radius 1 is 0.854 bits per heavy atom. The van der Waals surface area contributed by atoms with E-state index < -0.39 is 23.9 Å². The number of aliphatic hydroxyl groups is 1. The van der Waals surface area contributed by atoms with E-state index in [0.717, 1.165) is 23.9 Å². The molecule has 2 bridgehead atoms. The van der Waals surface area contributed by atoms with Crippen molar-refractivity contribution in [1.29, 1.82) is 0 Å². The van der Waals surface area contributed by atoms with Crippen LogP contribution in [0.4, 0.5) is 4.79 Å². The van der Waals surface area contributed by atoms with Gasteiger partial charge in [0.15, 0.2) is 0 Å². The third-order valence-electron chi connectivity index (χ3n) is 10.3. The van der Waals surface area contributed by atoms with Crippen molar-refractivity contribution in [3.63, 3.8) is 0 Å². The van der Waals surface area contributed by atoms with E-state index >= 15 is 0 Å². The molecular formula is C34H38BNO5. The Kier molecular flexibility index (Phi) is 6.16. The summed E-state index contributed by atoms with van der Waals surface area (Å²) in [6.45, 7) is 8.50. The van der Waals surface area contributed by atoms with Gasteiger partial charge in [-0.15, -0.1) is 0 Å². The van der Waals surface area contributed by atoms with Crippen molar-refractivity contribution in [2.24, 2.45) is 0 Å². The molecule has 0 saturated carbocycles. The van der Waals surface area contributed by atoms with Crippen LogP contribution in [-0.4, -0.2) is 53.1 Å². The SMILES string of the molecule is CC1(C)OB(c2ccc(C3(O)CC4CCC(C3)N4C(=O)OCC3c4ccccc4-c4ccccc43)cc2)OC1(C)C. The minimum atomic E-state index is -0.986. The fourth-order valence-corrected chi connectivity index (χ4v) is 7.36. The monoisotopic (exact) mass is 551 g/mol. The van der Waals surface area contributed by atoms with E-state index in [1.54, 1.807) is 0 Å². The van der Waals surface area contributed by atoms with Gasteiger partial charge in [0.25, 0.3) is 0 Å². The summed E-state index contributed by atoms with van der Waals surface area (Å²) in [4.78, 5) is 15.4. The number of rotatable bonds is 4. The number of hydrogen-bond acceptors (Lipinski definition) is 5. The lowest BCUT2D eigenvalue weighted by atomic mass is 9.76. The van der Waals surface area contributed by atoms with E-state index in [2.05, 4.69) is 36.4 Å². The number of carbonyl (C=O) groups is 1. The first-order chi connectivity index (χ1) is 19.6. The molecule has 1 amide bonds. The molecule has 3 aromatic carbocycles. The van der Waals surface area contributed by atoms with Gasteiger partial charge in [-0.05, 0) is 73.8 Å². The third-order valence-corrected chi connectivity index (χ3v) is 10.3. The molecule has 4 aliphatic rings. The minimum absolute atomic E-state index is 0.0354. The minimum Gasteiger partial charge on any atom is -0.448 e. The molecule has 2 atom stereocenters. The summed E-state index contributed by atoms with van der Waals surface area (Å²) in [5, 5.41) is 11.8. The molecule has 0 aromatic heterocycles. The maximum absolute atomic E-state index is 13.5. The normalized spacial score (nSPS) is 27.5. The molecule has 0 spiro atoms. The van der Waals surface area contributed by atoms with Crippen LogP contribution in [0.1, 0.15) is 76.0 Å². The largest absolute Gasteiger partial charge is 0.494 e. The van der Waals surface area contributed by atoms with Gasteiger partial charge in [-0.25, -0.2) is 4.79 Å². The molecule has 7 heteroatoms. The molecule has 1 aliphatic carbocycles. The van der Waals surface area contributed by atoms with Crippen LogP contribution in [0.15, 0.2) is 72.8 Å². The zero-order valence-electron chi connectivity index (χ0n) is 24.3. The van der Waals surface area contributed by atoms with Gasteiger partial charge >= 0.3 is 13.2 Å². The van der Waals surface area contributed by atoms with E-state index in [0.29, 0.717) is 19.4 Å². The molecule has 3 fully saturated rings. The van der Waals surface area contributed by atoms with Crippen LogP contribution in [-0.2, 0) is 19.6 Å². The number of carbonyl (C=O) groups excluding carboxylic acids is 1. The van der Waals surface area contributed by atoms with Crippen LogP contribution in [0.3, 0.4) is 0 Å². The van der Waals surface area contributed by atoms with E-state index in [-0.39, 0.29) is 24.1 Å². The fourth-order valence-electron chi connectivity index (χ4n) is 7.36. The molecule has 7 rings (SSSR count). The summed E-state index contributed by atoms with van der Waals surface area (Å²) in [6, 6.07) is 24.6. The summed E-state index contributed by atoms with van der Waals surface area (Å²) in [7, 11) is -0.435. The number of piperidine rings is 1. The molecule has 41 heavy (non-hydrogen) atoms. The van der Waals surface area contributed by atoms with Crippen LogP contribution in [0.5, 0.6) is 0 Å². The number of amides is 1. The zero-order chi connectivity index (χ0) is 28.6. The predicted octanol–water partition coefficient (Wildman–Crippen LogP) is 5.75. The average molecular weight is 551 g/mol. The van der Waals surface area contributed by atoms with Crippen LogP contribution >= 0.6 is 0 Å². The van der Waals surface area contributed by atoms with Crippen LogP contribution in [0, 0.1) is 0 Å². The molecule has 3 aliphatic heterocycles. The maximum Gasteiger partial charge on any atom is 0.494 e. The van der Waals surface area contributed by atoms with E-state index in [1.165, 1.54) is 22.3 Å². The second kappa shape index (κ2) is 9.45. The Morgan fingerprint density at radius 3 is 1.90 bits per heavy atom. The maximum atomic E-state index is 13.5. The van der Waals surface area contributed by atoms with E-state index in [1.807, 2.05) is 69.0 Å². The van der Waals surface area contributed by atoms with Crippen molar-refractivity contribution in [3.8, 4) is 11.1 Å². The van der Waals surface area contributed by atoms with Crippen molar-refractivity contribution in [2.75, 3.05) is 6.61 Å². The number of fused-ring (bicyclic) bond motifs is 5. The van der Waals surface area contributed by atoms with Crippen LogP contribution < -0.4 is 5.46 Å². The zero-order valence-corrected chi connectivity index (χ0v) is 24.3. The van der Waals surface area contributed by atoms with Gasteiger partial charge in [0.2, 0.25) is 0 Å². The average Bonchev–Trinajstić information content (AvgIpc) is 3.51. The number of ether oxygens (including phenoxy) is 1. The van der Waals surface area contributed by atoms with Crippen LogP contribution in [0.25, 0.3) is 11.1 Å². The van der Waals surface area contributed by atoms with Gasteiger partial charge in [-0.3, -0.25) is 0 Å². The van der Waals surface area contributed by atoms with Crippen molar-refractivity contribution >= 4 is 18.7 Å². The fraction of sp³-hybridized carbons (Fsp3) is 0.441. The highest BCUT2D eigenvalue weighted by Crippen LogP contribution is 2.47. The first kappa shape index (κ1) is 26.8. The van der Waals surface area contributed by atoms with Crippen molar-refractivity contribution in [2.45, 2.75) is 88.2 Å². The van der Waals surface area contributed by atoms with E-state index in [9.17, 15) is 9.90 Å². The Balaban J connectivity index is 1.03. The quantitative estimate of drug-likeness (QED) is 0.419. The molecule has 3 heterocycles. The van der Waals surface area contributed by atoms with Crippen LogP contribution in [0.2, 0.25) is 0 Å². The summed E-state index contributed by atoms with van der Waals surface area (Å²) >= 11 is 0. The molecule has 212 valence electrons. The number of hydrogen-bond donors (Lipinski definition) is 1. The summed E-state index contributed by atoms with van der Waals surface area (Å²) in [5.74, 6) is 0.0354. The Bertz CT molecular complexity index is 1410. The highest BCUT2D eigenvalue weighted by Gasteiger charge is 2.53. The summed E-state index contributed by atoms with van der Waals surface area (Å²) in [5.41, 5.74) is 4.88. The molecule has 6 nitrogen and oxygen atoms in total. The van der Waals surface area contributed by atoms with Crippen molar-refractivity contribution < 1.29 is 23.9 Å². The summed E-state index contributed by atoms with van der Waals surface area (Å²) < 4.78 is 18.4. The molecule has 0 radical (unpaired) electrons. The van der Waals surface area contributed by atoms with Crippen molar-refractivity contribution in [1.82, 2.24) is 4.90 Å². The lowest BCUT2D eigenvalue weighted by Gasteiger charge is -2.43. The first-order valence-corrected chi connectivity index (χ1v) is 14.9. The highest BCUT2D eigenvalue weighted by atomic mass is 16.7. The smallest absolute Gasteiger partial charge is 0.448 e. The Hall–Kier alpha value is -3.13. The van der Waals surface area contributed by atoms with E-state index in [4.69, 9.17) is 14.0 Å². The number of benzene rings is 3. The highest BCUT2D eigenvalue weighted by molar-refractivity contribution is 6.62. The molecule has 1 N–H and O–H groups in total. The topological polar surface area (TPSA) is 68.2 Å². The van der Waals surface area contributed by atoms with Gasteiger partial charge in [0.05, 0.1) is 16.8 Å². The standard InChI is InChI=1S/C34H38BNO5/c1-32(2)33(3,4)41-35(40-32)23-15-13-22(14-16-23)34(38)19-24-17-18-25(20-34)36(24)31(37)39-21-30-28-11-7-5-9-26(28)27-10-6-8-12-29(27)30/h5-16,24-25,30,38H,17-21H2,1-4H3. The third kappa shape index (κ3) is 4.32. The second-order valence-corrected chi connectivity index (χ2v) is 13.2. The Morgan fingerprint density at radius 2 is 1.37 bits per heavy atom. The van der Waals surface area contributed by atoms with Gasteiger partial charge in [-0.1, -0.05) is 72.8 Å². The molecule has 3 saturated heterocycles. The summed E-state index contributed by atoms with van der Waals surface area (Å²) in [6.07, 6.45) is 2.50. The van der Waals surface area contributed by atoms with Gasteiger partial charge < -0.3 is 24.1 Å². The van der Waals surface area contributed by atoms with Gasteiger partial charge in [-0.2, -0.15) is 0 Å². The Labute approximate surface area is 242 Å². The molecular weight excluding hydrogens is 513 g/mol. The predicted molar refractivity (Wildman–Crippen MR) is 159 cm³/mol.